The van der Waals surface area contributed by atoms with E-state index in [-0.39, 0.29) is 34.0 Å². The van der Waals surface area contributed by atoms with Crippen molar-refractivity contribution in [3.05, 3.63) is 46.1 Å². The number of hydrogen-bond acceptors (Lipinski definition) is 6. The maximum atomic E-state index is 13.3. The molecule has 1 aromatic heterocycles. The molecule has 0 spiro atoms. The Morgan fingerprint density at radius 2 is 1.78 bits per heavy atom. The van der Waals surface area contributed by atoms with Crippen LogP contribution in [0.1, 0.15) is 62.7 Å². The highest BCUT2D eigenvalue weighted by molar-refractivity contribution is 7.91. The molecule has 1 unspecified atom stereocenters. The van der Waals surface area contributed by atoms with Gasteiger partial charge in [0.2, 0.25) is 5.43 Å². The van der Waals surface area contributed by atoms with E-state index in [1.54, 1.807) is 37.4 Å². The first-order valence-corrected chi connectivity index (χ1v) is 12.7. The second kappa shape index (κ2) is 11.4. The van der Waals surface area contributed by atoms with Crippen LogP contribution < -0.4 is 10.2 Å². The number of hydrogen-bond donors (Lipinski definition) is 0. The molecule has 0 fully saturated rings. The van der Waals surface area contributed by atoms with Crippen molar-refractivity contribution >= 4 is 39.1 Å². The smallest absolute Gasteiger partial charge is 0.338 e. The van der Waals surface area contributed by atoms with Crippen LogP contribution in [0, 0.1) is 0 Å². The molecule has 0 N–H and O–H groups in total. The summed E-state index contributed by atoms with van der Waals surface area (Å²) in [4.78, 5) is 25.7. The van der Waals surface area contributed by atoms with Crippen LogP contribution in [0.15, 0.2) is 44.4 Å². The molecule has 1 atom stereocenters. The minimum Gasteiger partial charge on any atom is -0.612 e. The third kappa shape index (κ3) is 5.64. The van der Waals surface area contributed by atoms with Crippen molar-refractivity contribution in [2.24, 2.45) is 0 Å². The largest absolute Gasteiger partial charge is 0.612 e. The zero-order chi connectivity index (χ0) is 23.1. The van der Waals surface area contributed by atoms with Crippen molar-refractivity contribution in [2.45, 2.75) is 57.3 Å². The van der Waals surface area contributed by atoms with E-state index in [4.69, 9.17) is 13.9 Å². The third-order valence-electron chi connectivity index (χ3n) is 5.30. The van der Waals surface area contributed by atoms with Crippen LogP contribution in [-0.4, -0.2) is 30.0 Å². The molecule has 0 radical (unpaired) electrons. The summed E-state index contributed by atoms with van der Waals surface area (Å²) in [5.74, 6) is -0.00951. The summed E-state index contributed by atoms with van der Waals surface area (Å²) in [7, 11) is 0. The predicted octanol–water partition coefficient (Wildman–Crippen LogP) is 5.60. The van der Waals surface area contributed by atoms with E-state index in [1.165, 1.54) is 31.7 Å². The lowest BCUT2D eigenvalue weighted by Gasteiger charge is -2.12. The monoisotopic (exact) mass is 458 g/mol. The van der Waals surface area contributed by atoms with E-state index < -0.39 is 17.1 Å². The highest BCUT2D eigenvalue weighted by atomic mass is 32.2. The Kier molecular flexibility index (Phi) is 8.59. The number of ether oxygens (including phenoxy) is 2. The number of rotatable bonds is 11. The number of fused-ring (bicyclic) bond motifs is 2. The van der Waals surface area contributed by atoms with Crippen molar-refractivity contribution in [2.75, 3.05) is 19.5 Å². The average molecular weight is 459 g/mol. The molecule has 0 saturated heterocycles. The Balaban J connectivity index is 1.93. The van der Waals surface area contributed by atoms with E-state index in [9.17, 15) is 14.1 Å². The average Bonchev–Trinajstić information content (AvgIpc) is 2.78. The number of esters is 1. The molecular weight excluding hydrogens is 428 g/mol. The molecule has 2 aromatic carbocycles. The van der Waals surface area contributed by atoms with Crippen LogP contribution in [0.4, 0.5) is 0 Å². The Morgan fingerprint density at radius 3 is 2.50 bits per heavy atom. The lowest BCUT2D eigenvalue weighted by atomic mass is 10.1. The van der Waals surface area contributed by atoms with Gasteiger partial charge in [-0.1, -0.05) is 39.0 Å². The molecule has 32 heavy (non-hydrogen) atoms. The van der Waals surface area contributed by atoms with Gasteiger partial charge in [-0.2, -0.15) is 0 Å². The quantitative estimate of drug-likeness (QED) is 0.161. The van der Waals surface area contributed by atoms with Gasteiger partial charge >= 0.3 is 5.97 Å². The summed E-state index contributed by atoms with van der Waals surface area (Å²) >= 11 is -1.38. The minimum absolute atomic E-state index is 0.244. The molecule has 0 amide bonds. The molecule has 7 heteroatoms. The fraction of sp³-hybridized carbons (Fsp3) is 0.440. The fourth-order valence-corrected chi connectivity index (χ4v) is 4.31. The van der Waals surface area contributed by atoms with Crippen LogP contribution >= 0.6 is 0 Å². The van der Waals surface area contributed by atoms with Gasteiger partial charge in [0.05, 0.1) is 29.5 Å². The molecule has 0 aliphatic heterocycles. The van der Waals surface area contributed by atoms with Crippen molar-refractivity contribution in [1.29, 1.82) is 0 Å². The van der Waals surface area contributed by atoms with Crippen molar-refractivity contribution in [3.63, 3.8) is 0 Å². The van der Waals surface area contributed by atoms with Crippen molar-refractivity contribution in [3.8, 4) is 5.75 Å². The third-order valence-corrected chi connectivity index (χ3v) is 6.22. The van der Waals surface area contributed by atoms with Gasteiger partial charge in [-0.05, 0) is 48.8 Å². The summed E-state index contributed by atoms with van der Waals surface area (Å²) in [6.45, 7) is 4.68. The zero-order valence-corrected chi connectivity index (χ0v) is 19.7. The molecule has 1 heterocycles. The van der Waals surface area contributed by atoms with Gasteiger partial charge in [0, 0.05) is 6.07 Å². The van der Waals surface area contributed by atoms with Gasteiger partial charge in [-0.15, -0.1) is 0 Å². The van der Waals surface area contributed by atoms with Gasteiger partial charge in [-0.3, -0.25) is 4.79 Å². The maximum absolute atomic E-state index is 13.3. The maximum Gasteiger partial charge on any atom is 0.338 e. The fourth-order valence-electron chi connectivity index (χ4n) is 3.61. The molecule has 0 aliphatic carbocycles. The van der Waals surface area contributed by atoms with Gasteiger partial charge < -0.3 is 18.4 Å². The highest BCUT2D eigenvalue weighted by Gasteiger charge is 2.20. The van der Waals surface area contributed by atoms with E-state index in [0.717, 1.165) is 12.8 Å². The van der Waals surface area contributed by atoms with Gasteiger partial charge in [0.1, 0.15) is 17.6 Å². The molecule has 3 rings (SSSR count). The van der Waals surface area contributed by atoms with Crippen LogP contribution in [0.2, 0.25) is 0 Å². The number of benzene rings is 2. The van der Waals surface area contributed by atoms with E-state index in [1.807, 2.05) is 0 Å². The first-order valence-electron chi connectivity index (χ1n) is 11.1. The lowest BCUT2D eigenvalue weighted by Crippen LogP contribution is -2.09. The first-order chi connectivity index (χ1) is 15.5. The summed E-state index contributed by atoms with van der Waals surface area (Å²) in [6, 6.07) is 7.90. The topological polar surface area (TPSA) is 88.8 Å². The van der Waals surface area contributed by atoms with Crippen LogP contribution in [0.3, 0.4) is 0 Å². The molecular formula is C25H30O6S. The Morgan fingerprint density at radius 1 is 1.03 bits per heavy atom. The van der Waals surface area contributed by atoms with Gasteiger partial charge in [0.15, 0.2) is 10.5 Å². The highest BCUT2D eigenvalue weighted by Crippen LogP contribution is 2.30. The van der Waals surface area contributed by atoms with Crippen LogP contribution in [0.25, 0.3) is 21.9 Å². The number of carbonyl (C=O) groups excluding carboxylic acids is 1. The summed E-state index contributed by atoms with van der Waals surface area (Å²) in [5, 5.41) is 0.549. The Bertz CT molecular complexity index is 1130. The van der Waals surface area contributed by atoms with Gasteiger partial charge in [0.25, 0.3) is 0 Å². The Hall–Kier alpha value is -2.51. The standard InChI is InChI=1S/C25H30O6S/c1-4-6-7-8-9-10-13-30-18-15-20-23(26)19-14-17(25(27)29-5-2)11-12-21(19)31-24(20)22(16-18)32(3)28/h11-12,14-16H,4-10,13H2,1-3H3. The molecule has 6 nitrogen and oxygen atoms in total. The lowest BCUT2D eigenvalue weighted by molar-refractivity contribution is 0.0526. The van der Waals surface area contributed by atoms with E-state index in [2.05, 4.69) is 6.92 Å². The zero-order valence-electron chi connectivity index (χ0n) is 18.9. The molecule has 0 bridgehead atoms. The van der Waals surface area contributed by atoms with E-state index >= 15 is 0 Å². The van der Waals surface area contributed by atoms with Crippen LogP contribution in [-0.2, 0) is 15.9 Å². The summed E-state index contributed by atoms with van der Waals surface area (Å²) < 4.78 is 29.2. The van der Waals surface area contributed by atoms with Gasteiger partial charge in [-0.25, -0.2) is 4.79 Å². The van der Waals surface area contributed by atoms with Crippen molar-refractivity contribution in [1.82, 2.24) is 0 Å². The minimum atomic E-state index is -1.38. The summed E-state index contributed by atoms with van der Waals surface area (Å²) in [5.41, 5.74) is 0.576. The Labute approximate surface area is 191 Å². The van der Waals surface area contributed by atoms with Crippen LogP contribution in [0.5, 0.6) is 5.75 Å². The second-order valence-corrected chi connectivity index (χ2v) is 9.08. The molecule has 3 aromatic rings. The number of unbranched alkanes of at least 4 members (excludes halogenated alkanes) is 5. The SMILES string of the molecule is CCCCCCCCOc1cc([S+](C)[O-])c2oc3ccc(C(=O)OCC)cc3c(=O)c2c1. The first kappa shape index (κ1) is 24.1. The summed E-state index contributed by atoms with van der Waals surface area (Å²) in [6.07, 6.45) is 8.41. The second-order valence-electron chi connectivity index (χ2n) is 7.73. The van der Waals surface area contributed by atoms with E-state index in [0.29, 0.717) is 22.8 Å². The molecule has 172 valence electrons. The van der Waals surface area contributed by atoms with Crippen molar-refractivity contribution < 1.29 is 23.2 Å². The number of carbonyl (C=O) groups is 1. The predicted molar refractivity (Wildman–Crippen MR) is 127 cm³/mol. The molecule has 0 aliphatic rings. The normalized spacial score (nSPS) is 12.2. The molecule has 0 saturated carbocycles.